The van der Waals surface area contributed by atoms with E-state index in [1.807, 2.05) is 18.2 Å². The monoisotopic (exact) mass is 349 g/mol. The lowest BCUT2D eigenvalue weighted by Gasteiger charge is -2.26. The zero-order valence-electron chi connectivity index (χ0n) is 12.0. The predicted molar refractivity (Wildman–Crippen MR) is 89.6 cm³/mol. The molecule has 0 aliphatic carbocycles. The van der Waals surface area contributed by atoms with Crippen LogP contribution in [0.2, 0.25) is 0 Å². The van der Waals surface area contributed by atoms with Gasteiger partial charge in [0, 0.05) is 28.3 Å². The fraction of sp³-hybridized carbons (Fsp3) is 0.438. The van der Waals surface area contributed by atoms with Gasteiger partial charge in [-0.1, -0.05) is 6.42 Å². The minimum absolute atomic E-state index is 0.691. The zero-order valence-corrected chi connectivity index (χ0v) is 13.6. The Morgan fingerprint density at radius 3 is 2.86 bits per heavy atom. The van der Waals surface area contributed by atoms with Gasteiger partial charge in [-0.2, -0.15) is 0 Å². The van der Waals surface area contributed by atoms with Crippen molar-refractivity contribution in [2.45, 2.75) is 19.3 Å². The quantitative estimate of drug-likeness (QED) is 0.859. The second-order valence-electron chi connectivity index (χ2n) is 5.45. The number of likely N-dealkylation sites (tertiary alicyclic amines) is 1. The molecular weight excluding hydrogens is 330 g/mol. The van der Waals surface area contributed by atoms with Crippen LogP contribution in [0.15, 0.2) is 28.9 Å². The molecular formula is C16H20BrN3O. The smallest absolute Gasteiger partial charge is 0.145 e. The molecule has 112 valence electrons. The first-order valence-corrected chi connectivity index (χ1v) is 8.22. The number of halogens is 1. The number of ether oxygens (including phenoxy) is 1. The molecule has 1 saturated heterocycles. The maximum Gasteiger partial charge on any atom is 0.145 e. The van der Waals surface area contributed by atoms with Crippen molar-refractivity contribution in [3.8, 4) is 5.75 Å². The van der Waals surface area contributed by atoms with E-state index < -0.39 is 0 Å². The van der Waals surface area contributed by atoms with Crippen molar-refractivity contribution >= 4 is 32.5 Å². The first-order chi connectivity index (χ1) is 10.2. The number of hydrogen-bond donors (Lipinski definition) is 1. The summed E-state index contributed by atoms with van der Waals surface area (Å²) in [4.78, 5) is 6.91. The lowest BCUT2D eigenvalue weighted by molar-refractivity contribution is 0.184. The van der Waals surface area contributed by atoms with Gasteiger partial charge < -0.3 is 10.5 Å². The molecule has 1 aliphatic heterocycles. The minimum atomic E-state index is 0.691. The Hall–Kier alpha value is -1.33. The van der Waals surface area contributed by atoms with Crippen molar-refractivity contribution < 1.29 is 4.74 Å². The standard InChI is InChI=1S/C16H20BrN3O/c17-12-10-13-14(18)4-5-15(16(13)19-11-12)21-9-8-20-6-2-1-3-7-20/h4-5,10-11H,1-3,6-9,18H2. The van der Waals surface area contributed by atoms with Crippen LogP contribution in [0.4, 0.5) is 5.69 Å². The topological polar surface area (TPSA) is 51.4 Å². The Balaban J connectivity index is 1.70. The molecule has 0 radical (unpaired) electrons. The third-order valence-corrected chi connectivity index (χ3v) is 4.36. The molecule has 0 unspecified atom stereocenters. The Labute approximate surface area is 133 Å². The highest BCUT2D eigenvalue weighted by Crippen LogP contribution is 2.30. The number of nitrogen functional groups attached to an aromatic ring is 1. The Morgan fingerprint density at radius 2 is 2.05 bits per heavy atom. The largest absolute Gasteiger partial charge is 0.490 e. The molecule has 2 heterocycles. The van der Waals surface area contributed by atoms with Crippen LogP contribution in [0, 0.1) is 0 Å². The first kappa shape index (κ1) is 14.6. The lowest BCUT2D eigenvalue weighted by atomic mass is 10.1. The van der Waals surface area contributed by atoms with E-state index in [9.17, 15) is 0 Å². The van der Waals surface area contributed by atoms with Gasteiger partial charge in [-0.15, -0.1) is 0 Å². The molecule has 0 amide bonds. The molecule has 0 saturated carbocycles. The fourth-order valence-corrected chi connectivity index (χ4v) is 3.11. The minimum Gasteiger partial charge on any atom is -0.490 e. The second kappa shape index (κ2) is 6.62. The van der Waals surface area contributed by atoms with Crippen LogP contribution in [-0.2, 0) is 0 Å². The van der Waals surface area contributed by atoms with Crippen molar-refractivity contribution in [2.24, 2.45) is 0 Å². The molecule has 0 bridgehead atoms. The average molecular weight is 350 g/mol. The molecule has 5 heteroatoms. The third-order valence-electron chi connectivity index (χ3n) is 3.93. The van der Waals surface area contributed by atoms with Gasteiger partial charge in [-0.3, -0.25) is 9.88 Å². The van der Waals surface area contributed by atoms with Gasteiger partial charge in [-0.05, 0) is 60.1 Å². The van der Waals surface area contributed by atoms with Gasteiger partial charge in [0.25, 0.3) is 0 Å². The summed E-state index contributed by atoms with van der Waals surface area (Å²) in [6, 6.07) is 5.77. The molecule has 2 aromatic rings. The summed E-state index contributed by atoms with van der Waals surface area (Å²) < 4.78 is 6.87. The molecule has 1 aromatic carbocycles. The summed E-state index contributed by atoms with van der Waals surface area (Å²) in [6.45, 7) is 4.05. The van der Waals surface area contributed by atoms with E-state index in [0.717, 1.165) is 33.4 Å². The molecule has 3 rings (SSSR count). The first-order valence-electron chi connectivity index (χ1n) is 7.43. The normalized spacial score (nSPS) is 16.2. The van der Waals surface area contributed by atoms with E-state index in [1.165, 1.54) is 32.4 Å². The van der Waals surface area contributed by atoms with Gasteiger partial charge in [0.15, 0.2) is 0 Å². The van der Waals surface area contributed by atoms with Crippen LogP contribution < -0.4 is 10.5 Å². The predicted octanol–water partition coefficient (Wildman–Crippen LogP) is 3.44. The van der Waals surface area contributed by atoms with Crippen molar-refractivity contribution in [2.75, 3.05) is 32.0 Å². The van der Waals surface area contributed by atoms with Crippen LogP contribution in [0.5, 0.6) is 5.75 Å². The number of aromatic nitrogens is 1. The van der Waals surface area contributed by atoms with Gasteiger partial charge in [0.2, 0.25) is 0 Å². The van der Waals surface area contributed by atoms with E-state index in [2.05, 4.69) is 25.8 Å². The van der Waals surface area contributed by atoms with Crippen LogP contribution in [-0.4, -0.2) is 36.1 Å². The van der Waals surface area contributed by atoms with E-state index in [-0.39, 0.29) is 0 Å². The maximum absolute atomic E-state index is 6.01. The maximum atomic E-state index is 6.01. The highest BCUT2D eigenvalue weighted by Gasteiger charge is 2.11. The van der Waals surface area contributed by atoms with Gasteiger partial charge in [0.05, 0.1) is 0 Å². The highest BCUT2D eigenvalue weighted by molar-refractivity contribution is 9.10. The van der Waals surface area contributed by atoms with E-state index in [0.29, 0.717) is 6.61 Å². The number of fused-ring (bicyclic) bond motifs is 1. The Kier molecular flexibility index (Phi) is 4.60. The number of piperidine rings is 1. The van der Waals surface area contributed by atoms with Crippen LogP contribution in [0.1, 0.15) is 19.3 Å². The SMILES string of the molecule is Nc1ccc(OCCN2CCCCC2)c2ncc(Br)cc12. The molecule has 1 aromatic heterocycles. The van der Waals surface area contributed by atoms with Crippen LogP contribution in [0.25, 0.3) is 10.9 Å². The molecule has 4 nitrogen and oxygen atoms in total. The number of rotatable bonds is 4. The van der Waals surface area contributed by atoms with Gasteiger partial charge in [0.1, 0.15) is 17.9 Å². The summed E-state index contributed by atoms with van der Waals surface area (Å²) in [7, 11) is 0. The summed E-state index contributed by atoms with van der Waals surface area (Å²) >= 11 is 3.43. The summed E-state index contributed by atoms with van der Waals surface area (Å²) in [6.07, 6.45) is 5.75. The van der Waals surface area contributed by atoms with Gasteiger partial charge in [-0.25, -0.2) is 0 Å². The van der Waals surface area contributed by atoms with Crippen molar-refractivity contribution in [3.05, 3.63) is 28.9 Å². The third kappa shape index (κ3) is 3.47. The number of benzene rings is 1. The number of pyridine rings is 1. The van der Waals surface area contributed by atoms with Crippen LogP contribution >= 0.6 is 15.9 Å². The van der Waals surface area contributed by atoms with Crippen LogP contribution in [0.3, 0.4) is 0 Å². The number of hydrogen-bond acceptors (Lipinski definition) is 4. The molecule has 1 aliphatic rings. The lowest BCUT2D eigenvalue weighted by Crippen LogP contribution is -2.33. The zero-order chi connectivity index (χ0) is 14.7. The van der Waals surface area contributed by atoms with Crippen molar-refractivity contribution in [1.82, 2.24) is 9.88 Å². The Bertz CT molecular complexity index is 626. The summed E-state index contributed by atoms with van der Waals surface area (Å²) in [5.41, 5.74) is 7.57. The molecule has 21 heavy (non-hydrogen) atoms. The highest BCUT2D eigenvalue weighted by atomic mass is 79.9. The van der Waals surface area contributed by atoms with Gasteiger partial charge >= 0.3 is 0 Å². The summed E-state index contributed by atoms with van der Waals surface area (Å²) in [5.74, 6) is 0.809. The molecule has 0 atom stereocenters. The number of nitrogens with zero attached hydrogens (tertiary/aromatic N) is 2. The fourth-order valence-electron chi connectivity index (χ4n) is 2.77. The molecule has 2 N–H and O–H groups in total. The number of anilines is 1. The van der Waals surface area contributed by atoms with E-state index in [1.54, 1.807) is 6.20 Å². The number of nitrogens with two attached hydrogens (primary N) is 1. The van der Waals surface area contributed by atoms with Crippen molar-refractivity contribution in [1.29, 1.82) is 0 Å². The molecule has 0 spiro atoms. The second-order valence-corrected chi connectivity index (χ2v) is 6.37. The average Bonchev–Trinajstić information content (AvgIpc) is 2.51. The molecule has 1 fully saturated rings. The summed E-state index contributed by atoms with van der Waals surface area (Å²) in [5, 5.41) is 0.930. The van der Waals surface area contributed by atoms with Crippen molar-refractivity contribution in [3.63, 3.8) is 0 Å². The Morgan fingerprint density at radius 1 is 1.24 bits per heavy atom. The van der Waals surface area contributed by atoms with E-state index in [4.69, 9.17) is 10.5 Å². The van der Waals surface area contributed by atoms with E-state index >= 15 is 0 Å².